The first-order valence-electron chi connectivity index (χ1n) is 4.90. The SMILES string of the molecule is CCC#C[Si](OC(C)=O)(OC(C)=O)OC(C)=O. The Hall–Kier alpha value is -1.81. The maximum absolute atomic E-state index is 10.9. The molecule has 0 heterocycles. The Balaban J connectivity index is 5.24. The van der Waals surface area contributed by atoms with Crippen LogP contribution in [0.15, 0.2) is 0 Å². The van der Waals surface area contributed by atoms with Crippen LogP contribution in [0.4, 0.5) is 0 Å². The highest BCUT2D eigenvalue weighted by Gasteiger charge is 2.51. The van der Waals surface area contributed by atoms with Crippen molar-refractivity contribution in [2.24, 2.45) is 0 Å². The van der Waals surface area contributed by atoms with Crippen molar-refractivity contribution in [1.29, 1.82) is 0 Å². The zero-order chi connectivity index (χ0) is 13.5. The Morgan fingerprint density at radius 2 is 1.29 bits per heavy atom. The van der Waals surface area contributed by atoms with Crippen molar-refractivity contribution in [2.75, 3.05) is 0 Å². The standard InChI is InChI=1S/C10H14O6Si/c1-5-6-7-17(14-8(2)11,15-9(3)12)16-10(4)13/h5H2,1-4H3. The fraction of sp³-hybridized carbons (Fsp3) is 0.500. The van der Waals surface area contributed by atoms with E-state index >= 15 is 0 Å². The highest BCUT2D eigenvalue weighted by molar-refractivity contribution is 6.73. The van der Waals surface area contributed by atoms with Crippen LogP contribution in [0, 0.1) is 11.5 Å². The second-order valence-corrected chi connectivity index (χ2v) is 4.97. The summed E-state index contributed by atoms with van der Waals surface area (Å²) in [6, 6.07) is 0. The maximum Gasteiger partial charge on any atom is 0.799 e. The van der Waals surface area contributed by atoms with Crippen molar-refractivity contribution in [2.45, 2.75) is 34.1 Å². The first kappa shape index (κ1) is 15.2. The van der Waals surface area contributed by atoms with Gasteiger partial charge < -0.3 is 13.3 Å². The van der Waals surface area contributed by atoms with Gasteiger partial charge in [0.2, 0.25) is 0 Å². The van der Waals surface area contributed by atoms with Crippen molar-refractivity contribution in [1.82, 2.24) is 0 Å². The van der Waals surface area contributed by atoms with Crippen molar-refractivity contribution in [3.05, 3.63) is 0 Å². The normalized spacial score (nSPS) is 9.65. The molecule has 0 N–H and O–H groups in total. The lowest BCUT2D eigenvalue weighted by Crippen LogP contribution is -2.48. The zero-order valence-corrected chi connectivity index (χ0v) is 11.2. The number of rotatable bonds is 3. The monoisotopic (exact) mass is 258 g/mol. The van der Waals surface area contributed by atoms with E-state index in [1.807, 2.05) is 0 Å². The molecule has 0 atom stereocenters. The van der Waals surface area contributed by atoms with E-state index in [9.17, 15) is 14.4 Å². The van der Waals surface area contributed by atoms with E-state index in [1.165, 1.54) is 0 Å². The number of carbonyl (C=O) groups excluding carboxylic acids is 3. The van der Waals surface area contributed by atoms with E-state index < -0.39 is 26.7 Å². The first-order chi connectivity index (χ1) is 7.81. The van der Waals surface area contributed by atoms with Gasteiger partial charge >= 0.3 is 8.80 Å². The average molecular weight is 258 g/mol. The molecule has 0 aromatic carbocycles. The molecule has 94 valence electrons. The lowest BCUT2D eigenvalue weighted by molar-refractivity contribution is -0.146. The molecule has 0 aliphatic rings. The van der Waals surface area contributed by atoms with Crippen LogP contribution in [0.5, 0.6) is 0 Å². The summed E-state index contributed by atoms with van der Waals surface area (Å²) in [5.41, 5.74) is 2.44. The van der Waals surface area contributed by atoms with Crippen LogP contribution in [0.3, 0.4) is 0 Å². The predicted octanol–water partition coefficient (Wildman–Crippen LogP) is 0.567. The molecule has 0 aliphatic heterocycles. The zero-order valence-electron chi connectivity index (χ0n) is 10.2. The third-order valence-corrected chi connectivity index (χ3v) is 3.40. The van der Waals surface area contributed by atoms with Gasteiger partial charge in [0.15, 0.2) is 0 Å². The van der Waals surface area contributed by atoms with Gasteiger partial charge in [-0.15, -0.1) is 0 Å². The van der Waals surface area contributed by atoms with Gasteiger partial charge in [0, 0.05) is 32.7 Å². The second-order valence-electron chi connectivity index (χ2n) is 2.99. The lowest BCUT2D eigenvalue weighted by atomic mass is 10.5. The number of carbonyl (C=O) groups is 3. The molecule has 0 amide bonds. The van der Waals surface area contributed by atoms with E-state index in [1.54, 1.807) is 6.92 Å². The summed E-state index contributed by atoms with van der Waals surface area (Å²) in [7, 11) is -3.92. The number of hydrogen-bond acceptors (Lipinski definition) is 6. The highest BCUT2D eigenvalue weighted by Crippen LogP contribution is 2.10. The molecule has 6 nitrogen and oxygen atoms in total. The van der Waals surface area contributed by atoms with Gasteiger partial charge in [0.25, 0.3) is 17.9 Å². The maximum atomic E-state index is 10.9. The summed E-state index contributed by atoms with van der Waals surface area (Å²) >= 11 is 0. The molecular formula is C10H14O6Si. The Morgan fingerprint density at radius 3 is 1.53 bits per heavy atom. The summed E-state index contributed by atoms with van der Waals surface area (Å²) in [6.45, 7) is 5.09. The van der Waals surface area contributed by atoms with Crippen LogP contribution >= 0.6 is 0 Å². The fourth-order valence-corrected chi connectivity index (χ4v) is 2.71. The molecule has 0 saturated carbocycles. The molecule has 0 spiro atoms. The molecule has 0 bridgehead atoms. The van der Waals surface area contributed by atoms with Crippen LogP contribution < -0.4 is 0 Å². The van der Waals surface area contributed by atoms with Gasteiger partial charge in [-0.2, -0.15) is 0 Å². The van der Waals surface area contributed by atoms with Crippen LogP contribution in [0.2, 0.25) is 0 Å². The lowest BCUT2D eigenvalue weighted by Gasteiger charge is -2.20. The summed E-state index contributed by atoms with van der Waals surface area (Å²) in [5.74, 6) is 0.390. The van der Waals surface area contributed by atoms with Crippen molar-refractivity contribution < 1.29 is 27.7 Å². The predicted molar refractivity (Wildman–Crippen MR) is 59.1 cm³/mol. The van der Waals surface area contributed by atoms with Crippen LogP contribution in [0.25, 0.3) is 0 Å². The smallest absolute Gasteiger partial charge is 0.446 e. The fourth-order valence-electron chi connectivity index (χ4n) is 0.903. The van der Waals surface area contributed by atoms with Gasteiger partial charge in [-0.05, 0) is 0 Å². The summed E-state index contributed by atoms with van der Waals surface area (Å²) in [4.78, 5) is 32.8. The van der Waals surface area contributed by atoms with Crippen LogP contribution in [0.1, 0.15) is 34.1 Å². The Kier molecular flexibility index (Phi) is 5.99. The van der Waals surface area contributed by atoms with Gasteiger partial charge in [-0.1, -0.05) is 12.8 Å². The molecule has 17 heavy (non-hydrogen) atoms. The van der Waals surface area contributed by atoms with Crippen LogP contribution in [-0.4, -0.2) is 26.7 Å². The van der Waals surface area contributed by atoms with Crippen molar-refractivity contribution >= 4 is 26.7 Å². The molecule has 0 rings (SSSR count). The van der Waals surface area contributed by atoms with E-state index in [0.717, 1.165) is 20.8 Å². The molecule has 0 aromatic rings. The molecule has 0 fully saturated rings. The molecule has 0 radical (unpaired) electrons. The van der Waals surface area contributed by atoms with Gasteiger partial charge in [-0.25, -0.2) is 0 Å². The third kappa shape index (κ3) is 6.37. The Labute approximate surface area is 101 Å². The average Bonchev–Trinajstić information content (AvgIpc) is 2.11. The topological polar surface area (TPSA) is 78.9 Å². The van der Waals surface area contributed by atoms with Gasteiger partial charge in [0.1, 0.15) is 0 Å². The molecule has 0 aliphatic carbocycles. The quantitative estimate of drug-likeness (QED) is 0.544. The first-order valence-corrected chi connectivity index (χ1v) is 6.62. The van der Waals surface area contributed by atoms with E-state index in [0.29, 0.717) is 6.42 Å². The molecule has 0 saturated heterocycles. The van der Waals surface area contributed by atoms with E-state index in [-0.39, 0.29) is 0 Å². The molecule has 0 unspecified atom stereocenters. The van der Waals surface area contributed by atoms with Gasteiger partial charge in [0.05, 0.1) is 0 Å². The second kappa shape index (κ2) is 6.70. The molecule has 7 heteroatoms. The number of hydrogen-bond donors (Lipinski definition) is 0. The van der Waals surface area contributed by atoms with Crippen LogP contribution in [-0.2, 0) is 27.7 Å². The van der Waals surface area contributed by atoms with Crippen molar-refractivity contribution in [3.8, 4) is 11.5 Å². The van der Waals surface area contributed by atoms with Crippen molar-refractivity contribution in [3.63, 3.8) is 0 Å². The largest absolute Gasteiger partial charge is 0.799 e. The Bertz CT molecular complexity index is 337. The minimum absolute atomic E-state index is 0.443. The minimum atomic E-state index is -3.92. The summed E-state index contributed by atoms with van der Waals surface area (Å²) in [6.07, 6.45) is 0.443. The third-order valence-electron chi connectivity index (χ3n) is 1.25. The summed E-state index contributed by atoms with van der Waals surface area (Å²) in [5, 5.41) is 0. The van der Waals surface area contributed by atoms with Gasteiger partial charge in [-0.3, -0.25) is 14.4 Å². The summed E-state index contributed by atoms with van der Waals surface area (Å²) < 4.78 is 14.4. The Morgan fingerprint density at radius 1 is 0.941 bits per heavy atom. The minimum Gasteiger partial charge on any atom is -0.446 e. The van der Waals surface area contributed by atoms with E-state index in [4.69, 9.17) is 13.3 Å². The molecule has 0 aromatic heterocycles. The van der Waals surface area contributed by atoms with E-state index in [2.05, 4.69) is 11.5 Å². The highest BCUT2D eigenvalue weighted by atomic mass is 28.4. The molecular weight excluding hydrogens is 244 g/mol.